The summed E-state index contributed by atoms with van der Waals surface area (Å²) in [5.41, 5.74) is 1.70. The Bertz CT molecular complexity index is 1340. The second-order valence-corrected chi connectivity index (χ2v) is 6.53. The Labute approximate surface area is 155 Å². The van der Waals surface area contributed by atoms with Crippen LogP contribution in [0.1, 0.15) is 11.4 Å². The average Bonchev–Trinajstić information content (AvgIpc) is 2.71. The van der Waals surface area contributed by atoms with Gasteiger partial charge in [-0.05, 0) is 51.4 Å². The molecule has 0 aliphatic carbocycles. The minimum atomic E-state index is -0.122. The van der Waals surface area contributed by atoms with Crippen LogP contribution in [0.4, 0.5) is 0 Å². The maximum absolute atomic E-state index is 12.3. The summed E-state index contributed by atoms with van der Waals surface area (Å²) in [6.07, 6.45) is 3.92. The molecule has 3 heteroatoms. The van der Waals surface area contributed by atoms with Crippen molar-refractivity contribution in [2.45, 2.75) is 0 Å². The lowest BCUT2D eigenvalue weighted by molar-refractivity contribution is 1.14. The van der Waals surface area contributed by atoms with Crippen molar-refractivity contribution in [3.8, 4) is 0 Å². The van der Waals surface area contributed by atoms with Crippen LogP contribution < -0.4 is 5.56 Å². The van der Waals surface area contributed by atoms with Crippen molar-refractivity contribution in [2.75, 3.05) is 0 Å². The molecule has 0 fully saturated rings. The third-order valence-electron chi connectivity index (χ3n) is 4.85. The molecular weight excluding hydrogens is 332 g/mol. The fourth-order valence-corrected chi connectivity index (χ4v) is 3.57. The molecule has 5 rings (SSSR count). The number of hydrogen-bond acceptors (Lipinski definition) is 2. The number of hydrogen-bond donors (Lipinski definition) is 1. The standard InChI is InChI=1S/C24H16N2O/c27-24-21-11-5-6-12-22(21)25-23(26-24)14-13-20-18-9-3-1-7-16(18)15-17-8-2-4-10-19(17)20/h1-15H,(H,25,26,27). The molecule has 0 bridgehead atoms. The van der Waals surface area contributed by atoms with Crippen molar-refractivity contribution in [3.63, 3.8) is 0 Å². The van der Waals surface area contributed by atoms with E-state index in [1.54, 1.807) is 6.07 Å². The normalized spacial score (nSPS) is 11.7. The molecule has 4 aromatic carbocycles. The fraction of sp³-hybridized carbons (Fsp3) is 0. The number of aromatic nitrogens is 2. The van der Waals surface area contributed by atoms with Crippen molar-refractivity contribution in [2.24, 2.45) is 0 Å². The molecule has 0 saturated heterocycles. The van der Waals surface area contributed by atoms with E-state index in [0.29, 0.717) is 16.7 Å². The van der Waals surface area contributed by atoms with Crippen LogP contribution in [0.25, 0.3) is 44.6 Å². The van der Waals surface area contributed by atoms with Crippen molar-refractivity contribution in [3.05, 3.63) is 101 Å². The van der Waals surface area contributed by atoms with Gasteiger partial charge in [-0.1, -0.05) is 66.7 Å². The highest BCUT2D eigenvalue weighted by Gasteiger charge is 2.05. The number of rotatable bonds is 2. The highest BCUT2D eigenvalue weighted by atomic mass is 16.1. The van der Waals surface area contributed by atoms with Gasteiger partial charge >= 0.3 is 0 Å². The van der Waals surface area contributed by atoms with Gasteiger partial charge in [0.25, 0.3) is 5.56 Å². The van der Waals surface area contributed by atoms with E-state index in [1.165, 1.54) is 21.5 Å². The molecule has 1 N–H and O–H groups in total. The summed E-state index contributed by atoms with van der Waals surface area (Å²) in [6, 6.07) is 26.3. The predicted octanol–water partition coefficient (Wildman–Crippen LogP) is 5.40. The first-order chi connectivity index (χ1) is 13.3. The molecule has 128 valence electrons. The van der Waals surface area contributed by atoms with Crippen LogP contribution in [0.2, 0.25) is 0 Å². The van der Waals surface area contributed by atoms with Gasteiger partial charge in [-0.15, -0.1) is 0 Å². The molecule has 0 atom stereocenters. The predicted molar refractivity (Wildman–Crippen MR) is 113 cm³/mol. The van der Waals surface area contributed by atoms with E-state index in [1.807, 2.05) is 54.6 Å². The summed E-state index contributed by atoms with van der Waals surface area (Å²) in [7, 11) is 0. The Kier molecular flexibility index (Phi) is 3.58. The lowest BCUT2D eigenvalue weighted by atomic mass is 9.96. The van der Waals surface area contributed by atoms with Gasteiger partial charge in [0.1, 0.15) is 5.82 Å². The van der Waals surface area contributed by atoms with Gasteiger partial charge in [0.2, 0.25) is 0 Å². The number of fused-ring (bicyclic) bond motifs is 3. The van der Waals surface area contributed by atoms with Crippen LogP contribution in [0.15, 0.2) is 83.7 Å². The molecule has 5 aromatic rings. The Balaban J connectivity index is 1.73. The quantitative estimate of drug-likeness (QED) is 0.434. The fourth-order valence-electron chi connectivity index (χ4n) is 3.57. The van der Waals surface area contributed by atoms with Crippen LogP contribution in [0.3, 0.4) is 0 Å². The van der Waals surface area contributed by atoms with E-state index < -0.39 is 0 Å². The molecule has 3 nitrogen and oxygen atoms in total. The first kappa shape index (κ1) is 15.5. The summed E-state index contributed by atoms with van der Waals surface area (Å²) in [5, 5.41) is 5.34. The average molecular weight is 348 g/mol. The van der Waals surface area contributed by atoms with Crippen molar-refractivity contribution >= 4 is 44.6 Å². The molecular formula is C24H16N2O. The van der Waals surface area contributed by atoms with Gasteiger partial charge in [0.15, 0.2) is 0 Å². The van der Waals surface area contributed by atoms with E-state index in [-0.39, 0.29) is 5.56 Å². The minimum Gasteiger partial charge on any atom is -0.306 e. The summed E-state index contributed by atoms with van der Waals surface area (Å²) < 4.78 is 0. The van der Waals surface area contributed by atoms with Crippen LogP contribution in [-0.2, 0) is 0 Å². The third kappa shape index (κ3) is 2.70. The number of nitrogens with zero attached hydrogens (tertiary/aromatic N) is 1. The maximum atomic E-state index is 12.3. The number of aromatic amines is 1. The van der Waals surface area contributed by atoms with Gasteiger partial charge in [-0.2, -0.15) is 0 Å². The first-order valence-corrected chi connectivity index (χ1v) is 8.87. The SMILES string of the molecule is O=c1[nH]c(C=Cc2c3ccccc3cc3ccccc23)nc2ccccc12. The third-order valence-corrected chi connectivity index (χ3v) is 4.85. The lowest BCUT2D eigenvalue weighted by Crippen LogP contribution is -2.09. The molecule has 0 aliphatic heterocycles. The molecule has 0 unspecified atom stereocenters. The molecule has 1 aromatic heterocycles. The van der Waals surface area contributed by atoms with Crippen LogP contribution in [0.5, 0.6) is 0 Å². The summed E-state index contributed by atoms with van der Waals surface area (Å²) in [4.78, 5) is 19.7. The zero-order valence-corrected chi connectivity index (χ0v) is 14.5. The molecule has 0 radical (unpaired) electrons. The monoisotopic (exact) mass is 348 g/mol. The molecule has 0 spiro atoms. The number of nitrogens with one attached hydrogen (secondary N) is 1. The second-order valence-electron chi connectivity index (χ2n) is 6.53. The van der Waals surface area contributed by atoms with E-state index in [4.69, 9.17) is 0 Å². The van der Waals surface area contributed by atoms with Crippen molar-refractivity contribution < 1.29 is 0 Å². The zero-order valence-electron chi connectivity index (χ0n) is 14.5. The maximum Gasteiger partial charge on any atom is 0.259 e. The molecule has 0 saturated carbocycles. The van der Waals surface area contributed by atoms with Crippen molar-refractivity contribution in [1.29, 1.82) is 0 Å². The highest BCUT2D eigenvalue weighted by molar-refractivity contribution is 6.07. The van der Waals surface area contributed by atoms with Gasteiger partial charge in [0.05, 0.1) is 10.9 Å². The molecule has 0 aliphatic rings. The minimum absolute atomic E-state index is 0.122. The van der Waals surface area contributed by atoms with Crippen LogP contribution in [0, 0.1) is 0 Å². The largest absolute Gasteiger partial charge is 0.306 e. The summed E-state index contributed by atoms with van der Waals surface area (Å²) >= 11 is 0. The molecule has 27 heavy (non-hydrogen) atoms. The zero-order chi connectivity index (χ0) is 18.2. The summed E-state index contributed by atoms with van der Waals surface area (Å²) in [5.74, 6) is 0.552. The molecule has 1 heterocycles. The smallest absolute Gasteiger partial charge is 0.259 e. The number of para-hydroxylation sites is 1. The van der Waals surface area contributed by atoms with E-state index in [2.05, 4.69) is 40.3 Å². The second kappa shape index (κ2) is 6.22. The Morgan fingerprint density at radius 3 is 2.00 bits per heavy atom. The topological polar surface area (TPSA) is 45.8 Å². The van der Waals surface area contributed by atoms with Crippen LogP contribution in [-0.4, -0.2) is 9.97 Å². The lowest BCUT2D eigenvalue weighted by Gasteiger charge is -2.08. The van der Waals surface area contributed by atoms with E-state index >= 15 is 0 Å². The number of benzene rings is 4. The van der Waals surface area contributed by atoms with Gasteiger partial charge in [0, 0.05) is 0 Å². The Morgan fingerprint density at radius 1 is 0.704 bits per heavy atom. The van der Waals surface area contributed by atoms with Gasteiger partial charge in [-0.3, -0.25) is 4.79 Å². The number of H-pyrrole nitrogens is 1. The Morgan fingerprint density at radius 2 is 1.30 bits per heavy atom. The molecule has 0 amide bonds. The Hall–Kier alpha value is -3.72. The highest BCUT2D eigenvalue weighted by Crippen LogP contribution is 2.29. The van der Waals surface area contributed by atoms with Gasteiger partial charge < -0.3 is 4.98 Å². The summed E-state index contributed by atoms with van der Waals surface area (Å²) in [6.45, 7) is 0. The van der Waals surface area contributed by atoms with Crippen LogP contribution >= 0.6 is 0 Å². The van der Waals surface area contributed by atoms with E-state index in [9.17, 15) is 4.79 Å². The van der Waals surface area contributed by atoms with Crippen molar-refractivity contribution in [1.82, 2.24) is 9.97 Å². The first-order valence-electron chi connectivity index (χ1n) is 8.87. The van der Waals surface area contributed by atoms with E-state index in [0.717, 1.165) is 5.56 Å². The van der Waals surface area contributed by atoms with Gasteiger partial charge in [-0.25, -0.2) is 4.98 Å².